The van der Waals surface area contributed by atoms with Crippen molar-refractivity contribution in [3.63, 3.8) is 0 Å². The molecule has 0 aliphatic rings. The van der Waals surface area contributed by atoms with Gasteiger partial charge in [0.2, 0.25) is 0 Å². The molecule has 1 heterocycles. The summed E-state index contributed by atoms with van der Waals surface area (Å²) in [6, 6.07) is 46.7. The smallest absolute Gasteiger partial charge is 0.197 e. The molecule has 6 heteroatoms. The monoisotopic (exact) mass is 650 g/mol. The van der Waals surface area contributed by atoms with E-state index < -0.39 is 7.26 Å². The van der Waals surface area contributed by atoms with Gasteiger partial charge in [0.1, 0.15) is 51.4 Å². The summed E-state index contributed by atoms with van der Waals surface area (Å²) in [5.74, 6) is 0.786. The lowest BCUT2D eigenvalue weighted by molar-refractivity contribution is -0.0000103. The molecule has 6 rings (SSSR count). The van der Waals surface area contributed by atoms with Crippen molar-refractivity contribution in [2.45, 2.75) is 12.8 Å². The number of halogens is 1. The van der Waals surface area contributed by atoms with Gasteiger partial charge in [0.15, 0.2) is 5.43 Å². The highest BCUT2D eigenvalue weighted by molar-refractivity contribution is 7.95. The van der Waals surface area contributed by atoms with Crippen molar-refractivity contribution >= 4 is 34.1 Å². The van der Waals surface area contributed by atoms with E-state index in [1.54, 1.807) is 6.07 Å². The number of hydrogen-bond donors (Lipinski definition) is 1. The van der Waals surface area contributed by atoms with Gasteiger partial charge in [0.25, 0.3) is 0 Å². The minimum atomic E-state index is -1.89. The second-order valence-corrected chi connectivity index (χ2v) is 13.9. The minimum absolute atomic E-state index is 0. The van der Waals surface area contributed by atoms with Crippen LogP contribution in [0, 0.1) is 0 Å². The summed E-state index contributed by atoms with van der Waals surface area (Å²) in [5.41, 5.74) is 0.810. The largest absolute Gasteiger partial charge is 1.00 e. The number of rotatable bonds is 10. The van der Waals surface area contributed by atoms with Crippen molar-refractivity contribution in [3.8, 4) is 22.8 Å². The van der Waals surface area contributed by atoms with Gasteiger partial charge in [-0.3, -0.25) is 4.79 Å². The Balaban J connectivity index is 0.00000368. The highest BCUT2D eigenvalue weighted by Gasteiger charge is 2.44. The van der Waals surface area contributed by atoms with Crippen molar-refractivity contribution in [2.75, 3.05) is 12.8 Å². The normalized spacial score (nSPS) is 11.2. The molecule has 1 N–H and O–H groups in total. The highest BCUT2D eigenvalue weighted by Crippen LogP contribution is 2.55. The summed E-state index contributed by atoms with van der Waals surface area (Å²) in [5, 5.41) is 14.9. The summed E-state index contributed by atoms with van der Waals surface area (Å²) in [4.78, 5) is 12.8. The average molecular weight is 652 g/mol. The van der Waals surface area contributed by atoms with Crippen LogP contribution in [0.5, 0.6) is 11.5 Å². The maximum atomic E-state index is 12.8. The molecule has 0 saturated carbocycles. The van der Waals surface area contributed by atoms with E-state index >= 15 is 0 Å². The van der Waals surface area contributed by atoms with E-state index in [0.29, 0.717) is 23.7 Å². The molecule has 0 saturated heterocycles. The summed E-state index contributed by atoms with van der Waals surface area (Å²) >= 11 is 0. The van der Waals surface area contributed by atoms with Crippen LogP contribution in [0.15, 0.2) is 149 Å². The van der Waals surface area contributed by atoms with Crippen LogP contribution in [-0.2, 0) is 0 Å². The van der Waals surface area contributed by atoms with Gasteiger partial charge in [-0.1, -0.05) is 84.9 Å². The van der Waals surface area contributed by atoms with Gasteiger partial charge in [-0.05, 0) is 49.2 Å². The van der Waals surface area contributed by atoms with Crippen molar-refractivity contribution in [1.29, 1.82) is 0 Å². The van der Waals surface area contributed by atoms with Crippen LogP contribution in [0.25, 0.3) is 22.3 Å². The van der Waals surface area contributed by atoms with Crippen molar-refractivity contribution in [3.05, 3.63) is 150 Å². The zero-order chi connectivity index (χ0) is 28.8. The highest BCUT2D eigenvalue weighted by atomic mass is 79.9. The summed E-state index contributed by atoms with van der Waals surface area (Å²) < 4.78 is 12.1. The first-order valence-electron chi connectivity index (χ1n) is 14.2. The molecule has 43 heavy (non-hydrogen) atoms. The van der Waals surface area contributed by atoms with Crippen LogP contribution in [0.3, 0.4) is 0 Å². The standard InChI is InChI=1S/C37H31O4P.BrH/c38-33-25-29(26-36-37(33)34(39)27-35(41-36)28-15-5-1-6-16-28)40-23-13-14-24-42(30-17-7-2-8-18-30,31-19-9-3-10-20-31)32-21-11-4-12-22-32;/h1-12,15-22,25-27H,13-14,23-24H2;1H. The summed E-state index contributed by atoms with van der Waals surface area (Å²) in [6.07, 6.45) is 2.80. The lowest BCUT2D eigenvalue weighted by Crippen LogP contribution is -3.00. The quantitative estimate of drug-likeness (QED) is 0.177. The summed E-state index contributed by atoms with van der Waals surface area (Å²) in [7, 11) is -1.89. The Bertz CT molecular complexity index is 1730. The first-order chi connectivity index (χ1) is 20.6. The molecule has 0 radical (unpaired) electrons. The third-order valence-electron chi connectivity index (χ3n) is 7.59. The van der Waals surface area contributed by atoms with Gasteiger partial charge in [0.05, 0.1) is 12.8 Å². The first-order valence-corrected chi connectivity index (χ1v) is 16.2. The Hall–Kier alpha value is -4.18. The molecule has 0 atom stereocenters. The molecule has 6 aromatic rings. The van der Waals surface area contributed by atoms with E-state index in [2.05, 4.69) is 91.0 Å². The fourth-order valence-corrected chi connectivity index (χ4v) is 10.0. The molecular weight excluding hydrogens is 619 g/mol. The fraction of sp³-hybridized carbons (Fsp3) is 0.108. The molecule has 0 fully saturated rings. The predicted molar refractivity (Wildman–Crippen MR) is 174 cm³/mol. The average Bonchev–Trinajstić information content (AvgIpc) is 3.04. The number of unbranched alkanes of at least 4 members (excludes halogenated alkanes) is 1. The van der Waals surface area contributed by atoms with E-state index in [0.717, 1.165) is 24.6 Å². The fourth-order valence-electron chi connectivity index (χ4n) is 5.59. The Kier molecular flexibility index (Phi) is 9.76. The third-order valence-corrected chi connectivity index (χ3v) is 12.1. The Morgan fingerprint density at radius 2 is 1.16 bits per heavy atom. The van der Waals surface area contributed by atoms with Crippen LogP contribution < -0.4 is 43.1 Å². The van der Waals surface area contributed by atoms with Crippen LogP contribution >= 0.6 is 7.26 Å². The Labute approximate surface area is 262 Å². The van der Waals surface area contributed by atoms with Crippen LogP contribution in [0.4, 0.5) is 0 Å². The first kappa shape index (κ1) is 30.3. The number of phenols is 1. The second-order valence-electron chi connectivity index (χ2n) is 10.3. The van der Waals surface area contributed by atoms with Crippen molar-refractivity contribution in [2.24, 2.45) is 0 Å². The molecule has 1 aromatic heterocycles. The molecule has 0 bridgehead atoms. The SMILES string of the molecule is O=c1cc(-c2ccccc2)oc2cc(OCCCC[P+](c3ccccc3)(c3ccccc3)c3ccccc3)cc(O)c12.[Br-]. The molecule has 0 aliphatic heterocycles. The van der Waals surface area contributed by atoms with E-state index in [1.807, 2.05) is 30.3 Å². The van der Waals surface area contributed by atoms with Gasteiger partial charge < -0.3 is 31.2 Å². The van der Waals surface area contributed by atoms with Crippen LogP contribution in [0.1, 0.15) is 12.8 Å². The predicted octanol–water partition coefficient (Wildman–Crippen LogP) is 4.32. The van der Waals surface area contributed by atoms with Gasteiger partial charge in [-0.25, -0.2) is 0 Å². The molecule has 0 amide bonds. The number of phenolic OH excluding ortho intramolecular Hbond substituents is 1. The maximum Gasteiger partial charge on any atom is 0.197 e. The minimum Gasteiger partial charge on any atom is -1.00 e. The van der Waals surface area contributed by atoms with Crippen molar-refractivity contribution in [1.82, 2.24) is 0 Å². The van der Waals surface area contributed by atoms with E-state index in [9.17, 15) is 9.90 Å². The molecular formula is C37H32BrO4P. The van der Waals surface area contributed by atoms with E-state index in [-0.39, 0.29) is 33.5 Å². The lowest BCUT2D eigenvalue weighted by atomic mass is 10.1. The number of ether oxygens (including phenoxy) is 1. The van der Waals surface area contributed by atoms with E-state index in [1.165, 1.54) is 28.0 Å². The topological polar surface area (TPSA) is 59.7 Å². The Morgan fingerprint density at radius 1 is 0.651 bits per heavy atom. The molecule has 5 aromatic carbocycles. The number of hydrogen-bond acceptors (Lipinski definition) is 4. The van der Waals surface area contributed by atoms with E-state index in [4.69, 9.17) is 9.15 Å². The molecule has 0 aliphatic carbocycles. The zero-order valence-corrected chi connectivity index (χ0v) is 26.1. The van der Waals surface area contributed by atoms with Crippen molar-refractivity contribution < 1.29 is 31.2 Å². The molecule has 0 spiro atoms. The number of fused-ring (bicyclic) bond motifs is 1. The molecule has 216 valence electrons. The van der Waals surface area contributed by atoms with Gasteiger partial charge >= 0.3 is 0 Å². The van der Waals surface area contributed by atoms with Crippen LogP contribution in [-0.4, -0.2) is 17.9 Å². The Morgan fingerprint density at radius 3 is 1.70 bits per heavy atom. The number of aromatic hydroxyl groups is 1. The van der Waals surface area contributed by atoms with Gasteiger partial charge in [-0.15, -0.1) is 0 Å². The summed E-state index contributed by atoms with van der Waals surface area (Å²) in [6.45, 7) is 0.478. The van der Waals surface area contributed by atoms with Gasteiger partial charge in [-0.2, -0.15) is 0 Å². The van der Waals surface area contributed by atoms with Gasteiger partial charge in [0, 0.05) is 23.8 Å². The lowest BCUT2D eigenvalue weighted by Gasteiger charge is -2.27. The zero-order valence-electron chi connectivity index (χ0n) is 23.6. The molecule has 4 nitrogen and oxygen atoms in total. The number of benzene rings is 5. The molecule has 0 unspecified atom stereocenters. The third kappa shape index (κ3) is 6.44. The second kappa shape index (κ2) is 13.9. The maximum absolute atomic E-state index is 12.8. The van der Waals surface area contributed by atoms with Crippen LogP contribution in [0.2, 0.25) is 0 Å².